The van der Waals surface area contributed by atoms with Gasteiger partial charge in [-0.1, -0.05) is 12.1 Å². The van der Waals surface area contributed by atoms with E-state index in [1.807, 2.05) is 59.7 Å². The highest BCUT2D eigenvalue weighted by Gasteiger charge is 2.42. The number of pyridine rings is 1. The minimum Gasteiger partial charge on any atom is -0.467 e. The summed E-state index contributed by atoms with van der Waals surface area (Å²) in [6.45, 7) is 4.26. The molecule has 0 spiro atoms. The minimum atomic E-state index is -4.42. The molecule has 5 nitrogen and oxygen atoms in total. The maximum absolute atomic E-state index is 13.4. The highest BCUT2D eigenvalue weighted by Crippen LogP contribution is 2.42. The molecule has 1 fully saturated rings. The van der Waals surface area contributed by atoms with Gasteiger partial charge in [0.15, 0.2) is 5.11 Å². The third-order valence-electron chi connectivity index (χ3n) is 6.32. The average molecular weight is 497 g/mol. The van der Waals surface area contributed by atoms with Gasteiger partial charge in [0.2, 0.25) is 0 Å². The van der Waals surface area contributed by atoms with Crippen LogP contribution in [0.15, 0.2) is 77.5 Å². The fourth-order valence-corrected chi connectivity index (χ4v) is 5.10. The van der Waals surface area contributed by atoms with Crippen molar-refractivity contribution in [1.82, 2.24) is 19.8 Å². The van der Waals surface area contributed by atoms with Gasteiger partial charge in [0.25, 0.3) is 0 Å². The number of hydrogen-bond donors (Lipinski definition) is 1. The number of benzene rings is 1. The van der Waals surface area contributed by atoms with Crippen molar-refractivity contribution in [2.75, 3.05) is 0 Å². The Morgan fingerprint density at radius 3 is 2.57 bits per heavy atom. The van der Waals surface area contributed by atoms with Gasteiger partial charge >= 0.3 is 6.18 Å². The third kappa shape index (κ3) is 4.32. The molecule has 4 heterocycles. The minimum absolute atomic E-state index is 0.242. The van der Waals surface area contributed by atoms with Crippen LogP contribution >= 0.6 is 12.2 Å². The lowest BCUT2D eigenvalue weighted by Crippen LogP contribution is -2.29. The quantitative estimate of drug-likeness (QED) is 0.330. The molecule has 1 aliphatic rings. The Morgan fingerprint density at radius 2 is 1.89 bits per heavy atom. The van der Waals surface area contributed by atoms with Crippen LogP contribution in [0, 0.1) is 13.8 Å². The first-order chi connectivity index (χ1) is 16.7. The fourth-order valence-electron chi connectivity index (χ4n) is 4.79. The highest BCUT2D eigenvalue weighted by molar-refractivity contribution is 7.80. The van der Waals surface area contributed by atoms with Crippen LogP contribution in [0.4, 0.5) is 13.2 Å². The number of furan rings is 1. The molecule has 9 heteroatoms. The molecule has 0 amide bonds. The number of halogens is 3. The van der Waals surface area contributed by atoms with Gasteiger partial charge in [-0.15, -0.1) is 0 Å². The van der Waals surface area contributed by atoms with Gasteiger partial charge in [-0.05, 0) is 80.2 Å². The molecule has 180 valence electrons. The van der Waals surface area contributed by atoms with Crippen molar-refractivity contribution in [2.45, 2.75) is 38.7 Å². The summed E-state index contributed by atoms with van der Waals surface area (Å²) in [5, 5.41) is 3.96. The molecule has 0 radical (unpaired) electrons. The maximum Gasteiger partial charge on any atom is 0.416 e. The van der Waals surface area contributed by atoms with E-state index in [1.165, 1.54) is 12.1 Å². The highest BCUT2D eigenvalue weighted by atomic mass is 32.1. The van der Waals surface area contributed by atoms with E-state index in [-0.39, 0.29) is 12.1 Å². The van der Waals surface area contributed by atoms with Crippen molar-refractivity contribution in [1.29, 1.82) is 0 Å². The Labute approximate surface area is 206 Å². The zero-order chi connectivity index (χ0) is 24.7. The summed E-state index contributed by atoms with van der Waals surface area (Å²) in [6, 6.07) is 16.3. The zero-order valence-corrected chi connectivity index (χ0v) is 19.9. The largest absolute Gasteiger partial charge is 0.467 e. The summed E-state index contributed by atoms with van der Waals surface area (Å²) >= 11 is 5.72. The summed E-state index contributed by atoms with van der Waals surface area (Å²) in [5.74, 6) is 0.757. The number of rotatable bonds is 5. The zero-order valence-electron chi connectivity index (χ0n) is 19.1. The van der Waals surface area contributed by atoms with Crippen LogP contribution in [0.2, 0.25) is 0 Å². The molecule has 4 aromatic rings. The Balaban J connectivity index is 1.62. The molecule has 1 saturated heterocycles. The molecule has 1 N–H and O–H groups in total. The number of aromatic nitrogens is 2. The van der Waals surface area contributed by atoms with Crippen LogP contribution in [0.25, 0.3) is 5.69 Å². The van der Waals surface area contributed by atoms with Gasteiger partial charge in [0.1, 0.15) is 5.76 Å². The molecule has 1 aromatic carbocycles. The molecule has 3 aromatic heterocycles. The second kappa shape index (κ2) is 8.88. The van der Waals surface area contributed by atoms with Gasteiger partial charge in [-0.25, -0.2) is 0 Å². The lowest BCUT2D eigenvalue weighted by molar-refractivity contribution is -0.137. The summed E-state index contributed by atoms with van der Waals surface area (Å²) in [5.41, 5.74) is 3.22. The predicted molar refractivity (Wildman–Crippen MR) is 130 cm³/mol. The molecular formula is C26H23F3N4OS. The molecular weight excluding hydrogens is 473 g/mol. The van der Waals surface area contributed by atoms with Gasteiger partial charge in [0.05, 0.1) is 36.1 Å². The van der Waals surface area contributed by atoms with Crippen LogP contribution in [0.5, 0.6) is 0 Å². The molecule has 0 bridgehead atoms. The standard InChI is InChI=1S/C26H23F3N4OS/c1-16-13-21(17(2)33(16)19-8-5-7-18(14-19)26(27,28)29)24-23(22-10-3-4-11-30-22)31-25(35)32(24)15-20-9-6-12-34-20/h3-14,23-24H,15H2,1-2H3,(H,31,35)/t23-,24-/m0/s1. The monoisotopic (exact) mass is 496 g/mol. The number of alkyl halides is 3. The fraction of sp³-hybridized carbons (Fsp3) is 0.231. The SMILES string of the molecule is Cc1cc([C@H]2[C@H](c3ccccn3)NC(=S)N2Cc2ccco2)c(C)n1-c1cccc(C(F)(F)F)c1. The number of hydrogen-bond acceptors (Lipinski definition) is 3. The van der Waals surface area contributed by atoms with Crippen molar-refractivity contribution in [3.05, 3.63) is 107 Å². The summed E-state index contributed by atoms with van der Waals surface area (Å²) in [7, 11) is 0. The normalized spacial score (nSPS) is 18.2. The first-order valence-electron chi connectivity index (χ1n) is 11.1. The van der Waals surface area contributed by atoms with E-state index in [0.717, 1.165) is 34.5 Å². The Bertz CT molecular complexity index is 1350. The Morgan fingerprint density at radius 1 is 1.06 bits per heavy atom. The van der Waals surface area contributed by atoms with Crippen LogP contribution in [-0.2, 0) is 12.7 Å². The number of nitrogens with zero attached hydrogens (tertiary/aromatic N) is 3. The maximum atomic E-state index is 13.4. The van der Waals surface area contributed by atoms with Crippen LogP contribution in [0.3, 0.4) is 0 Å². The summed E-state index contributed by atoms with van der Waals surface area (Å²) < 4.78 is 47.6. The van der Waals surface area contributed by atoms with E-state index < -0.39 is 11.7 Å². The summed E-state index contributed by atoms with van der Waals surface area (Å²) in [4.78, 5) is 6.60. The Kier molecular flexibility index (Phi) is 5.88. The molecule has 5 rings (SSSR count). The first kappa shape index (κ1) is 23.2. The van der Waals surface area contributed by atoms with Crippen molar-refractivity contribution in [2.24, 2.45) is 0 Å². The van der Waals surface area contributed by atoms with Crippen molar-refractivity contribution >= 4 is 17.3 Å². The second-order valence-electron chi connectivity index (χ2n) is 8.54. The van der Waals surface area contributed by atoms with Crippen LogP contribution < -0.4 is 5.32 Å². The Hall–Kier alpha value is -3.59. The molecule has 0 saturated carbocycles. The number of aryl methyl sites for hydroxylation is 1. The number of thiocarbonyl (C=S) groups is 1. The second-order valence-corrected chi connectivity index (χ2v) is 8.93. The van der Waals surface area contributed by atoms with Crippen LogP contribution in [-0.4, -0.2) is 19.6 Å². The van der Waals surface area contributed by atoms with Crippen molar-refractivity contribution in [3.63, 3.8) is 0 Å². The van der Waals surface area contributed by atoms with Gasteiger partial charge in [-0.2, -0.15) is 13.2 Å². The van der Waals surface area contributed by atoms with E-state index in [2.05, 4.69) is 10.3 Å². The van der Waals surface area contributed by atoms with Crippen molar-refractivity contribution in [3.8, 4) is 5.69 Å². The lowest BCUT2D eigenvalue weighted by Gasteiger charge is -2.27. The van der Waals surface area contributed by atoms with E-state index >= 15 is 0 Å². The lowest BCUT2D eigenvalue weighted by atomic mass is 9.96. The topological polar surface area (TPSA) is 46.2 Å². The van der Waals surface area contributed by atoms with E-state index in [1.54, 1.807) is 18.5 Å². The predicted octanol–water partition coefficient (Wildman–Crippen LogP) is 6.27. The van der Waals surface area contributed by atoms with Gasteiger partial charge in [-0.3, -0.25) is 4.98 Å². The van der Waals surface area contributed by atoms with E-state index in [0.29, 0.717) is 17.3 Å². The van der Waals surface area contributed by atoms with Gasteiger partial charge in [0, 0.05) is 23.3 Å². The smallest absolute Gasteiger partial charge is 0.416 e. The van der Waals surface area contributed by atoms with Crippen molar-refractivity contribution < 1.29 is 17.6 Å². The molecule has 1 aliphatic heterocycles. The van der Waals surface area contributed by atoms with Gasteiger partial charge < -0.3 is 19.2 Å². The average Bonchev–Trinajstić information content (AvgIpc) is 3.53. The van der Waals surface area contributed by atoms with E-state index in [4.69, 9.17) is 16.6 Å². The first-order valence-corrected chi connectivity index (χ1v) is 11.5. The summed E-state index contributed by atoms with van der Waals surface area (Å²) in [6.07, 6.45) is -1.07. The molecule has 0 unspecified atom stereocenters. The third-order valence-corrected chi connectivity index (χ3v) is 6.68. The molecule has 0 aliphatic carbocycles. The number of nitrogens with one attached hydrogen (secondary N) is 1. The van der Waals surface area contributed by atoms with E-state index in [9.17, 15) is 13.2 Å². The van der Waals surface area contributed by atoms with Crippen LogP contribution in [0.1, 0.15) is 46.1 Å². The molecule has 2 atom stereocenters. The molecule has 35 heavy (non-hydrogen) atoms.